The maximum absolute atomic E-state index is 9.18. The third-order valence-corrected chi connectivity index (χ3v) is 2.62. The third kappa shape index (κ3) is 3.77. The lowest BCUT2D eigenvalue weighted by Gasteiger charge is -2.11. The highest BCUT2D eigenvalue weighted by molar-refractivity contribution is 5.85. The number of phenolic OH excluding ortho intramolecular Hbond substituents is 1. The van der Waals surface area contributed by atoms with Gasteiger partial charge in [-0.05, 0) is 29.7 Å². The zero-order chi connectivity index (χ0) is 11.4. The third-order valence-electron chi connectivity index (χ3n) is 2.62. The Bertz CT molecular complexity index is 442. The van der Waals surface area contributed by atoms with Crippen LogP contribution < -0.4 is 5.73 Å². The van der Waals surface area contributed by atoms with Crippen LogP contribution in [0.3, 0.4) is 0 Å². The minimum Gasteiger partial charge on any atom is -0.508 e. The highest BCUT2D eigenvalue weighted by Gasteiger charge is 2.06. The van der Waals surface area contributed by atoms with Gasteiger partial charge in [0.1, 0.15) is 5.75 Å². The number of rotatable bonds is 3. The monoisotopic (exact) mass is 249 g/mol. The zero-order valence-corrected chi connectivity index (χ0v) is 10.2. The van der Waals surface area contributed by atoms with Gasteiger partial charge in [-0.2, -0.15) is 0 Å². The molecule has 0 bridgehead atoms. The van der Waals surface area contributed by atoms with Crippen molar-refractivity contribution in [2.24, 2.45) is 5.73 Å². The summed E-state index contributed by atoms with van der Waals surface area (Å²) in [6.07, 6.45) is 0.782. The lowest BCUT2D eigenvalue weighted by Crippen LogP contribution is -2.12. The van der Waals surface area contributed by atoms with Crippen molar-refractivity contribution in [3.05, 3.63) is 65.7 Å². The van der Waals surface area contributed by atoms with Gasteiger partial charge in [-0.1, -0.05) is 42.5 Å². The molecule has 2 nitrogen and oxygen atoms in total. The Balaban J connectivity index is 0.00000144. The fraction of sp³-hybridized carbons (Fsp3) is 0.143. The molecule has 2 rings (SSSR count). The van der Waals surface area contributed by atoms with Gasteiger partial charge in [0, 0.05) is 6.04 Å². The first-order valence-corrected chi connectivity index (χ1v) is 5.34. The zero-order valence-electron chi connectivity index (χ0n) is 9.41. The number of aromatic hydroxyl groups is 1. The van der Waals surface area contributed by atoms with E-state index in [-0.39, 0.29) is 24.2 Å². The molecule has 0 aromatic heterocycles. The van der Waals surface area contributed by atoms with E-state index in [0.29, 0.717) is 0 Å². The Morgan fingerprint density at radius 1 is 0.941 bits per heavy atom. The van der Waals surface area contributed by atoms with Crippen molar-refractivity contribution in [2.45, 2.75) is 12.5 Å². The average Bonchev–Trinajstić information content (AvgIpc) is 2.33. The Hall–Kier alpha value is -1.51. The molecule has 0 aliphatic carbocycles. The summed E-state index contributed by atoms with van der Waals surface area (Å²) in [5, 5.41) is 9.18. The first kappa shape index (κ1) is 13.6. The maximum atomic E-state index is 9.18. The van der Waals surface area contributed by atoms with E-state index in [1.165, 1.54) is 0 Å². The molecule has 17 heavy (non-hydrogen) atoms. The molecule has 0 radical (unpaired) electrons. The number of phenols is 1. The first-order valence-electron chi connectivity index (χ1n) is 5.34. The molecule has 1 unspecified atom stereocenters. The fourth-order valence-corrected chi connectivity index (χ4v) is 1.70. The summed E-state index contributed by atoms with van der Waals surface area (Å²) in [5.74, 6) is 0.289. The van der Waals surface area contributed by atoms with Crippen molar-refractivity contribution in [3.63, 3.8) is 0 Å². The summed E-state index contributed by atoms with van der Waals surface area (Å²) >= 11 is 0. The second-order valence-corrected chi connectivity index (χ2v) is 3.89. The van der Waals surface area contributed by atoms with Crippen LogP contribution in [0.2, 0.25) is 0 Å². The Kier molecular flexibility index (Phi) is 5.01. The summed E-state index contributed by atoms with van der Waals surface area (Å²) < 4.78 is 0. The van der Waals surface area contributed by atoms with E-state index < -0.39 is 0 Å². The minimum atomic E-state index is 0. The molecule has 1 atom stereocenters. The molecule has 0 aliphatic rings. The Morgan fingerprint density at radius 2 is 1.53 bits per heavy atom. The van der Waals surface area contributed by atoms with E-state index in [4.69, 9.17) is 5.73 Å². The van der Waals surface area contributed by atoms with Crippen LogP contribution in [0.1, 0.15) is 17.2 Å². The smallest absolute Gasteiger partial charge is 0.115 e. The summed E-state index contributed by atoms with van der Waals surface area (Å²) in [6, 6.07) is 17.2. The molecule has 2 aromatic rings. The van der Waals surface area contributed by atoms with Gasteiger partial charge < -0.3 is 10.8 Å². The van der Waals surface area contributed by atoms with Crippen molar-refractivity contribution in [2.75, 3.05) is 0 Å². The molecule has 0 heterocycles. The van der Waals surface area contributed by atoms with Crippen LogP contribution in [-0.2, 0) is 6.42 Å². The second kappa shape index (κ2) is 6.28. The summed E-state index contributed by atoms with van der Waals surface area (Å²) in [7, 11) is 0. The van der Waals surface area contributed by atoms with Gasteiger partial charge in [0.2, 0.25) is 0 Å². The summed E-state index contributed by atoms with van der Waals surface area (Å²) in [6.45, 7) is 0. The van der Waals surface area contributed by atoms with Crippen molar-refractivity contribution in [1.29, 1.82) is 0 Å². The molecular formula is C14H16ClNO. The molecule has 0 fully saturated rings. The first-order chi connectivity index (χ1) is 7.75. The van der Waals surface area contributed by atoms with Crippen LogP contribution in [0.25, 0.3) is 0 Å². The van der Waals surface area contributed by atoms with E-state index in [9.17, 15) is 5.11 Å². The van der Waals surface area contributed by atoms with E-state index in [0.717, 1.165) is 17.5 Å². The summed E-state index contributed by atoms with van der Waals surface area (Å²) in [4.78, 5) is 0. The molecular weight excluding hydrogens is 234 g/mol. The van der Waals surface area contributed by atoms with Crippen LogP contribution >= 0.6 is 12.4 Å². The predicted octanol–water partition coefficient (Wildman–Crippen LogP) is 3.06. The summed E-state index contributed by atoms with van der Waals surface area (Å²) in [5.41, 5.74) is 8.37. The highest BCUT2D eigenvalue weighted by atomic mass is 35.5. The van der Waals surface area contributed by atoms with Crippen molar-refractivity contribution >= 4 is 12.4 Å². The van der Waals surface area contributed by atoms with E-state index >= 15 is 0 Å². The SMILES string of the molecule is Cl.NC(Cc1ccc(O)cc1)c1ccccc1. The van der Waals surface area contributed by atoms with Crippen molar-refractivity contribution < 1.29 is 5.11 Å². The van der Waals surface area contributed by atoms with E-state index in [1.54, 1.807) is 12.1 Å². The van der Waals surface area contributed by atoms with Gasteiger partial charge in [0.25, 0.3) is 0 Å². The highest BCUT2D eigenvalue weighted by Crippen LogP contribution is 2.17. The molecule has 3 heteroatoms. The van der Waals surface area contributed by atoms with Crippen LogP contribution in [0.15, 0.2) is 54.6 Å². The molecule has 0 aliphatic heterocycles. The van der Waals surface area contributed by atoms with Crippen LogP contribution in [0.5, 0.6) is 5.75 Å². The standard InChI is InChI=1S/C14H15NO.ClH/c15-14(12-4-2-1-3-5-12)10-11-6-8-13(16)9-7-11;/h1-9,14,16H,10,15H2;1H. The Labute approximate surface area is 108 Å². The molecule has 0 spiro atoms. The number of halogens is 1. The van der Waals surface area contributed by atoms with Crippen molar-refractivity contribution in [1.82, 2.24) is 0 Å². The maximum Gasteiger partial charge on any atom is 0.115 e. The largest absolute Gasteiger partial charge is 0.508 e. The van der Waals surface area contributed by atoms with Gasteiger partial charge in [0.05, 0.1) is 0 Å². The predicted molar refractivity (Wildman–Crippen MR) is 72.4 cm³/mol. The number of benzene rings is 2. The molecule has 3 N–H and O–H groups in total. The van der Waals surface area contributed by atoms with Crippen molar-refractivity contribution in [3.8, 4) is 5.75 Å². The normalized spacial score (nSPS) is 11.6. The van der Waals surface area contributed by atoms with Gasteiger partial charge in [-0.3, -0.25) is 0 Å². The number of nitrogens with two attached hydrogens (primary N) is 1. The molecule has 0 amide bonds. The van der Waals surface area contributed by atoms with Gasteiger partial charge >= 0.3 is 0 Å². The fourth-order valence-electron chi connectivity index (χ4n) is 1.70. The Morgan fingerprint density at radius 3 is 2.12 bits per heavy atom. The minimum absolute atomic E-state index is 0. The lowest BCUT2D eigenvalue weighted by molar-refractivity contribution is 0.475. The number of hydrogen-bond acceptors (Lipinski definition) is 2. The van der Waals surface area contributed by atoms with E-state index in [2.05, 4.69) is 0 Å². The number of hydrogen-bond donors (Lipinski definition) is 2. The molecule has 90 valence electrons. The van der Waals surface area contributed by atoms with Gasteiger partial charge in [0.15, 0.2) is 0 Å². The van der Waals surface area contributed by atoms with Crippen LogP contribution in [0, 0.1) is 0 Å². The second-order valence-electron chi connectivity index (χ2n) is 3.89. The molecule has 2 aromatic carbocycles. The van der Waals surface area contributed by atoms with Crippen LogP contribution in [0.4, 0.5) is 0 Å². The van der Waals surface area contributed by atoms with Gasteiger partial charge in [-0.25, -0.2) is 0 Å². The molecule has 0 saturated carbocycles. The topological polar surface area (TPSA) is 46.2 Å². The van der Waals surface area contributed by atoms with Crippen LogP contribution in [-0.4, -0.2) is 5.11 Å². The average molecular weight is 250 g/mol. The quantitative estimate of drug-likeness (QED) is 0.878. The van der Waals surface area contributed by atoms with Gasteiger partial charge in [-0.15, -0.1) is 12.4 Å². The lowest BCUT2D eigenvalue weighted by atomic mass is 10.00. The molecule has 0 saturated heterocycles. The van der Waals surface area contributed by atoms with E-state index in [1.807, 2.05) is 42.5 Å².